The van der Waals surface area contributed by atoms with Gasteiger partial charge in [0.2, 0.25) is 0 Å². The molecule has 1 fully saturated rings. The summed E-state index contributed by atoms with van der Waals surface area (Å²) in [6.45, 7) is 4.91. The van der Waals surface area contributed by atoms with E-state index in [0.717, 1.165) is 38.3 Å². The van der Waals surface area contributed by atoms with E-state index in [0.29, 0.717) is 6.54 Å². The molecule has 0 bridgehead atoms. The van der Waals surface area contributed by atoms with Gasteiger partial charge in [0, 0.05) is 44.8 Å². The van der Waals surface area contributed by atoms with Gasteiger partial charge in [0.15, 0.2) is 0 Å². The van der Waals surface area contributed by atoms with Crippen molar-refractivity contribution < 1.29 is 9.90 Å². The summed E-state index contributed by atoms with van der Waals surface area (Å²) in [4.78, 5) is 18.6. The molecule has 1 amide bonds. The molecule has 0 aromatic heterocycles. The number of aliphatic hydroxyl groups is 1. The Balaban J connectivity index is 1.91. The second-order valence-corrected chi connectivity index (χ2v) is 5.79. The molecule has 0 spiro atoms. The zero-order valence-electron chi connectivity index (χ0n) is 13.0. The lowest BCUT2D eigenvalue weighted by atomic mass is 10.1. The molecule has 2 rings (SSSR count). The first kappa shape index (κ1) is 15.9. The molecule has 116 valence electrons. The fraction of sp³-hybridized carbons (Fsp3) is 0.562. The van der Waals surface area contributed by atoms with Gasteiger partial charge in [-0.25, -0.2) is 0 Å². The summed E-state index contributed by atoms with van der Waals surface area (Å²) in [6, 6.07) is 7.88. The first-order valence-electron chi connectivity index (χ1n) is 7.46. The van der Waals surface area contributed by atoms with E-state index in [-0.39, 0.29) is 12.5 Å². The molecule has 1 aliphatic heterocycles. The van der Waals surface area contributed by atoms with Gasteiger partial charge in [0.25, 0.3) is 5.91 Å². The maximum atomic E-state index is 12.4. The lowest BCUT2D eigenvalue weighted by Gasteiger charge is -2.34. The molecule has 0 atom stereocenters. The zero-order chi connectivity index (χ0) is 15.2. The molecule has 1 N–H and O–H groups in total. The predicted molar refractivity (Wildman–Crippen MR) is 83.3 cm³/mol. The number of benzene rings is 1. The summed E-state index contributed by atoms with van der Waals surface area (Å²) >= 11 is 0. The Morgan fingerprint density at radius 1 is 1.14 bits per heavy atom. The third-order valence-corrected chi connectivity index (χ3v) is 3.78. The van der Waals surface area contributed by atoms with E-state index in [1.165, 1.54) is 5.56 Å². The molecule has 5 heteroatoms. The van der Waals surface area contributed by atoms with Crippen molar-refractivity contribution in [2.45, 2.75) is 6.54 Å². The second-order valence-electron chi connectivity index (χ2n) is 5.79. The van der Waals surface area contributed by atoms with Crippen LogP contribution in [0.3, 0.4) is 0 Å². The molecule has 1 saturated heterocycles. The first-order chi connectivity index (χ1) is 10.1. The maximum absolute atomic E-state index is 12.4. The van der Waals surface area contributed by atoms with Crippen LogP contribution in [0.4, 0.5) is 0 Å². The highest BCUT2D eigenvalue weighted by Crippen LogP contribution is 2.11. The smallest absolute Gasteiger partial charge is 0.253 e. The van der Waals surface area contributed by atoms with E-state index >= 15 is 0 Å². The Hall–Kier alpha value is -1.43. The van der Waals surface area contributed by atoms with Gasteiger partial charge in [-0.15, -0.1) is 0 Å². The second kappa shape index (κ2) is 7.54. The van der Waals surface area contributed by atoms with Crippen molar-refractivity contribution in [3.05, 3.63) is 35.4 Å². The summed E-state index contributed by atoms with van der Waals surface area (Å²) in [5.74, 6) is 0.107. The Labute approximate surface area is 126 Å². The highest BCUT2D eigenvalue weighted by Gasteiger charge is 2.21. The number of hydrogen-bond acceptors (Lipinski definition) is 4. The van der Waals surface area contributed by atoms with Crippen molar-refractivity contribution in [2.75, 3.05) is 53.4 Å². The van der Waals surface area contributed by atoms with Crippen LogP contribution in [0.1, 0.15) is 15.9 Å². The topological polar surface area (TPSA) is 47.0 Å². The van der Waals surface area contributed by atoms with Crippen molar-refractivity contribution in [2.24, 2.45) is 0 Å². The van der Waals surface area contributed by atoms with Gasteiger partial charge >= 0.3 is 0 Å². The minimum absolute atomic E-state index is 0.107. The Bertz CT molecular complexity index is 451. The number of amides is 1. The average Bonchev–Trinajstić information content (AvgIpc) is 2.48. The maximum Gasteiger partial charge on any atom is 0.253 e. The number of nitrogens with zero attached hydrogens (tertiary/aromatic N) is 3. The van der Waals surface area contributed by atoms with Gasteiger partial charge in [-0.1, -0.05) is 12.1 Å². The van der Waals surface area contributed by atoms with Crippen LogP contribution >= 0.6 is 0 Å². The average molecular weight is 291 g/mol. The lowest BCUT2D eigenvalue weighted by Crippen LogP contribution is -2.49. The van der Waals surface area contributed by atoms with Crippen LogP contribution in [-0.4, -0.2) is 79.1 Å². The quantitative estimate of drug-likeness (QED) is 0.858. The van der Waals surface area contributed by atoms with Crippen molar-refractivity contribution in [3.8, 4) is 0 Å². The minimum atomic E-state index is 0.107. The van der Waals surface area contributed by atoms with Crippen LogP contribution in [0.25, 0.3) is 0 Å². The highest BCUT2D eigenvalue weighted by atomic mass is 16.3. The van der Waals surface area contributed by atoms with Gasteiger partial charge in [0.05, 0.1) is 6.61 Å². The fourth-order valence-electron chi connectivity index (χ4n) is 2.62. The number of β-amino-alcohol motifs (C(OH)–C–C–N with tert-alkyl or cyclic N) is 1. The van der Waals surface area contributed by atoms with Gasteiger partial charge in [-0.2, -0.15) is 0 Å². The number of carbonyl (C=O) groups is 1. The van der Waals surface area contributed by atoms with Crippen LogP contribution in [0.2, 0.25) is 0 Å². The Kier molecular flexibility index (Phi) is 5.73. The first-order valence-corrected chi connectivity index (χ1v) is 7.46. The van der Waals surface area contributed by atoms with Crippen molar-refractivity contribution >= 4 is 5.91 Å². The number of piperazine rings is 1. The van der Waals surface area contributed by atoms with E-state index in [1.54, 1.807) is 0 Å². The Morgan fingerprint density at radius 3 is 2.29 bits per heavy atom. The van der Waals surface area contributed by atoms with Crippen LogP contribution in [0, 0.1) is 0 Å². The van der Waals surface area contributed by atoms with Crippen LogP contribution in [0.5, 0.6) is 0 Å². The lowest BCUT2D eigenvalue weighted by molar-refractivity contribution is 0.0615. The van der Waals surface area contributed by atoms with Crippen molar-refractivity contribution in [3.63, 3.8) is 0 Å². The van der Waals surface area contributed by atoms with Crippen LogP contribution in [-0.2, 0) is 6.54 Å². The van der Waals surface area contributed by atoms with Gasteiger partial charge in [-0.3, -0.25) is 9.69 Å². The molecule has 1 aromatic rings. The van der Waals surface area contributed by atoms with Crippen molar-refractivity contribution in [1.29, 1.82) is 0 Å². The monoisotopic (exact) mass is 291 g/mol. The molecular formula is C16H25N3O2. The number of rotatable bonds is 5. The van der Waals surface area contributed by atoms with E-state index in [4.69, 9.17) is 5.11 Å². The van der Waals surface area contributed by atoms with Gasteiger partial charge in [0.1, 0.15) is 0 Å². The van der Waals surface area contributed by atoms with Crippen LogP contribution in [0.15, 0.2) is 24.3 Å². The molecule has 0 aliphatic carbocycles. The van der Waals surface area contributed by atoms with Gasteiger partial charge in [-0.05, 0) is 31.8 Å². The third-order valence-electron chi connectivity index (χ3n) is 3.78. The normalized spacial score (nSPS) is 16.5. The molecule has 1 aromatic carbocycles. The molecule has 1 aliphatic rings. The van der Waals surface area contributed by atoms with Crippen LogP contribution < -0.4 is 0 Å². The van der Waals surface area contributed by atoms with E-state index < -0.39 is 0 Å². The largest absolute Gasteiger partial charge is 0.395 e. The third kappa shape index (κ3) is 4.52. The Morgan fingerprint density at radius 2 is 1.76 bits per heavy atom. The number of hydrogen-bond donors (Lipinski definition) is 1. The summed E-state index contributed by atoms with van der Waals surface area (Å²) in [6.07, 6.45) is 0. The SMILES string of the molecule is CN(C)Cc1ccc(C(=O)N2CCN(CCO)CC2)cc1. The minimum Gasteiger partial charge on any atom is -0.395 e. The fourth-order valence-corrected chi connectivity index (χ4v) is 2.62. The van der Waals surface area contributed by atoms with Gasteiger partial charge < -0.3 is 14.9 Å². The molecule has 0 unspecified atom stereocenters. The summed E-state index contributed by atoms with van der Waals surface area (Å²) in [5, 5.41) is 8.93. The van der Waals surface area contributed by atoms with E-state index in [1.807, 2.05) is 43.3 Å². The molecular weight excluding hydrogens is 266 g/mol. The molecule has 1 heterocycles. The summed E-state index contributed by atoms with van der Waals surface area (Å²) < 4.78 is 0. The van der Waals surface area contributed by atoms with E-state index in [9.17, 15) is 4.79 Å². The standard InChI is InChI=1S/C16H25N3O2/c1-17(2)13-14-3-5-15(6-4-14)16(21)19-9-7-18(8-10-19)11-12-20/h3-6,20H,7-13H2,1-2H3. The highest BCUT2D eigenvalue weighted by molar-refractivity contribution is 5.94. The zero-order valence-corrected chi connectivity index (χ0v) is 13.0. The summed E-state index contributed by atoms with van der Waals surface area (Å²) in [5.41, 5.74) is 1.97. The van der Waals surface area contributed by atoms with Crippen molar-refractivity contribution in [1.82, 2.24) is 14.7 Å². The number of carbonyl (C=O) groups excluding carboxylic acids is 1. The van der Waals surface area contributed by atoms with E-state index in [2.05, 4.69) is 9.80 Å². The number of aliphatic hydroxyl groups excluding tert-OH is 1. The predicted octanol–water partition coefficient (Wildman–Crippen LogP) is 0.498. The molecule has 5 nitrogen and oxygen atoms in total. The summed E-state index contributed by atoms with van der Waals surface area (Å²) in [7, 11) is 4.07. The molecule has 0 saturated carbocycles. The molecule has 0 radical (unpaired) electrons. The molecule has 21 heavy (non-hydrogen) atoms.